The third-order valence-corrected chi connectivity index (χ3v) is 4.91. The van der Waals surface area contributed by atoms with Gasteiger partial charge in [0.2, 0.25) is 5.88 Å². The Morgan fingerprint density at radius 1 is 1.07 bits per heavy atom. The van der Waals surface area contributed by atoms with Gasteiger partial charge in [0.15, 0.2) is 5.75 Å². The van der Waals surface area contributed by atoms with Crippen LogP contribution in [0.25, 0.3) is 21.9 Å². The first-order valence-corrected chi connectivity index (χ1v) is 8.38. The summed E-state index contributed by atoms with van der Waals surface area (Å²) in [7, 11) is 0. The van der Waals surface area contributed by atoms with E-state index in [4.69, 9.17) is 14.9 Å². The van der Waals surface area contributed by atoms with Gasteiger partial charge in [0.05, 0.1) is 16.9 Å². The van der Waals surface area contributed by atoms with Crippen LogP contribution in [0.2, 0.25) is 0 Å². The monoisotopic (exact) mass is 355 g/mol. The van der Waals surface area contributed by atoms with E-state index in [-0.39, 0.29) is 17.0 Å². The fourth-order valence-corrected chi connectivity index (χ4v) is 3.71. The van der Waals surface area contributed by atoms with Crippen LogP contribution in [-0.4, -0.2) is 4.98 Å². The minimum absolute atomic E-state index is 0.00367. The van der Waals surface area contributed by atoms with Crippen LogP contribution in [0.1, 0.15) is 17.0 Å². The lowest BCUT2D eigenvalue weighted by atomic mass is 9.83. The van der Waals surface area contributed by atoms with Crippen LogP contribution in [0.15, 0.2) is 75.4 Å². The van der Waals surface area contributed by atoms with E-state index >= 15 is 0 Å². The lowest BCUT2D eigenvalue weighted by Crippen LogP contribution is -2.26. The van der Waals surface area contributed by atoms with E-state index in [2.05, 4.69) is 11.1 Å². The molecule has 0 spiro atoms. The number of para-hydroxylation sites is 2. The van der Waals surface area contributed by atoms with E-state index in [0.29, 0.717) is 16.7 Å². The maximum atomic E-state index is 12.9. The molecule has 0 bridgehead atoms. The largest absolute Gasteiger partial charge is 0.439 e. The van der Waals surface area contributed by atoms with Crippen molar-refractivity contribution in [1.29, 1.82) is 5.26 Å². The summed E-state index contributed by atoms with van der Waals surface area (Å²) in [6, 6.07) is 16.9. The number of fused-ring (bicyclic) bond motifs is 4. The van der Waals surface area contributed by atoms with Crippen molar-refractivity contribution in [3.05, 3.63) is 87.7 Å². The maximum Gasteiger partial charge on any atom is 0.344 e. The van der Waals surface area contributed by atoms with Crippen molar-refractivity contribution < 1.29 is 9.15 Å². The Balaban J connectivity index is 1.90. The van der Waals surface area contributed by atoms with E-state index < -0.39 is 11.5 Å². The van der Waals surface area contributed by atoms with Crippen LogP contribution < -0.4 is 16.1 Å². The first-order valence-electron chi connectivity index (χ1n) is 8.38. The number of ether oxygens (including phenoxy) is 1. The molecular weight excluding hydrogens is 342 g/mol. The summed E-state index contributed by atoms with van der Waals surface area (Å²) in [6.45, 7) is 0. The summed E-state index contributed by atoms with van der Waals surface area (Å²) in [4.78, 5) is 16.0. The van der Waals surface area contributed by atoms with Gasteiger partial charge in [-0.1, -0.05) is 30.3 Å². The van der Waals surface area contributed by atoms with Crippen molar-refractivity contribution in [3.8, 4) is 11.8 Å². The summed E-state index contributed by atoms with van der Waals surface area (Å²) in [6.07, 6.45) is 1.80. The molecule has 6 heteroatoms. The Morgan fingerprint density at radius 2 is 1.81 bits per heavy atom. The molecule has 130 valence electrons. The second kappa shape index (κ2) is 5.51. The standard InChI is InChI=1S/C21H13N3O3/c22-9-13-17(14-10-24-15-7-3-1-5-11(14)15)18-19(27-20(13)23)12-6-2-4-8-16(12)26-21(18)25/h1-8,10,17,24H,23H2/t17-/m1/s1. The molecule has 3 N–H and O–H groups in total. The average molecular weight is 355 g/mol. The number of nitrogens with two attached hydrogens (primary N) is 1. The highest BCUT2D eigenvalue weighted by Gasteiger charge is 2.36. The Morgan fingerprint density at radius 3 is 2.63 bits per heavy atom. The van der Waals surface area contributed by atoms with Crippen molar-refractivity contribution >= 4 is 21.9 Å². The molecule has 0 saturated carbocycles. The van der Waals surface area contributed by atoms with Gasteiger partial charge >= 0.3 is 5.63 Å². The van der Waals surface area contributed by atoms with Crippen LogP contribution >= 0.6 is 0 Å². The number of hydrogen-bond acceptors (Lipinski definition) is 5. The van der Waals surface area contributed by atoms with Gasteiger partial charge in [0.1, 0.15) is 17.2 Å². The second-order valence-electron chi connectivity index (χ2n) is 6.34. The Kier molecular flexibility index (Phi) is 3.12. The Hall–Kier alpha value is -3.98. The number of aromatic amines is 1. The normalized spacial score (nSPS) is 16.2. The molecule has 1 atom stereocenters. The zero-order valence-electron chi connectivity index (χ0n) is 14.0. The number of hydrogen-bond donors (Lipinski definition) is 2. The molecule has 3 heterocycles. The lowest BCUT2D eigenvalue weighted by molar-refractivity contribution is 0.388. The van der Waals surface area contributed by atoms with E-state index in [0.717, 1.165) is 16.5 Å². The third-order valence-electron chi connectivity index (χ3n) is 4.91. The summed E-state index contributed by atoms with van der Waals surface area (Å²) >= 11 is 0. The van der Waals surface area contributed by atoms with E-state index in [9.17, 15) is 10.1 Å². The summed E-state index contributed by atoms with van der Waals surface area (Å²) in [5.74, 6) is -0.333. The molecule has 4 aromatic rings. The number of H-pyrrole nitrogens is 1. The van der Waals surface area contributed by atoms with Crippen molar-refractivity contribution in [1.82, 2.24) is 4.98 Å². The van der Waals surface area contributed by atoms with E-state index in [1.165, 1.54) is 0 Å². The highest BCUT2D eigenvalue weighted by atomic mass is 16.5. The zero-order valence-corrected chi connectivity index (χ0v) is 14.0. The van der Waals surface area contributed by atoms with Crippen molar-refractivity contribution in [2.45, 2.75) is 5.92 Å². The molecule has 0 saturated heterocycles. The predicted octanol–water partition coefficient (Wildman–Crippen LogP) is 3.49. The maximum absolute atomic E-state index is 12.9. The van der Waals surface area contributed by atoms with Gasteiger partial charge < -0.3 is 19.9 Å². The molecule has 0 fully saturated rings. The molecule has 1 aliphatic rings. The van der Waals surface area contributed by atoms with Gasteiger partial charge in [-0.3, -0.25) is 0 Å². The number of nitriles is 1. The number of nitrogens with zero attached hydrogens (tertiary/aromatic N) is 1. The number of benzene rings is 2. The lowest BCUT2D eigenvalue weighted by Gasteiger charge is -2.25. The quantitative estimate of drug-likeness (QED) is 0.509. The minimum Gasteiger partial charge on any atom is -0.439 e. The first-order chi connectivity index (χ1) is 13.2. The predicted molar refractivity (Wildman–Crippen MR) is 100 cm³/mol. The van der Waals surface area contributed by atoms with Crippen LogP contribution in [0, 0.1) is 11.3 Å². The highest BCUT2D eigenvalue weighted by Crippen LogP contribution is 2.45. The van der Waals surface area contributed by atoms with E-state index in [1.54, 1.807) is 24.4 Å². The van der Waals surface area contributed by atoms with Gasteiger partial charge in [0, 0.05) is 17.1 Å². The summed E-state index contributed by atoms with van der Waals surface area (Å²) in [5, 5.41) is 11.3. The summed E-state index contributed by atoms with van der Waals surface area (Å²) < 4.78 is 11.2. The van der Waals surface area contributed by atoms with E-state index in [1.807, 2.05) is 30.3 Å². The molecule has 0 aliphatic carbocycles. The highest BCUT2D eigenvalue weighted by molar-refractivity contribution is 5.89. The molecule has 5 rings (SSSR count). The second-order valence-corrected chi connectivity index (χ2v) is 6.34. The molecular formula is C21H13N3O3. The van der Waals surface area contributed by atoms with Crippen LogP contribution in [-0.2, 0) is 0 Å². The Bertz CT molecular complexity index is 1350. The van der Waals surface area contributed by atoms with Gasteiger partial charge in [-0.25, -0.2) is 4.79 Å². The molecule has 2 aromatic heterocycles. The van der Waals surface area contributed by atoms with Gasteiger partial charge in [-0.2, -0.15) is 5.26 Å². The van der Waals surface area contributed by atoms with Crippen molar-refractivity contribution in [2.75, 3.05) is 0 Å². The minimum atomic E-state index is -0.671. The molecule has 0 amide bonds. The van der Waals surface area contributed by atoms with Gasteiger partial charge in [-0.15, -0.1) is 0 Å². The fourth-order valence-electron chi connectivity index (χ4n) is 3.71. The Labute approximate surface area is 153 Å². The first kappa shape index (κ1) is 15.3. The van der Waals surface area contributed by atoms with Gasteiger partial charge in [0.25, 0.3) is 0 Å². The topological polar surface area (TPSA) is 105 Å². The van der Waals surface area contributed by atoms with Crippen LogP contribution in [0.5, 0.6) is 5.75 Å². The fraction of sp³-hybridized carbons (Fsp3) is 0.0476. The van der Waals surface area contributed by atoms with Crippen LogP contribution in [0.3, 0.4) is 0 Å². The van der Waals surface area contributed by atoms with Crippen molar-refractivity contribution in [2.24, 2.45) is 5.73 Å². The molecule has 1 aliphatic heterocycles. The molecule has 0 unspecified atom stereocenters. The van der Waals surface area contributed by atoms with Gasteiger partial charge in [-0.05, 0) is 23.8 Å². The van der Waals surface area contributed by atoms with Crippen molar-refractivity contribution in [3.63, 3.8) is 0 Å². The SMILES string of the molecule is N#CC1=C(N)Oc2c(c(=O)oc3ccccc23)[C@H]1c1c[nH]c2ccccc12. The summed E-state index contributed by atoms with van der Waals surface area (Å²) in [5.41, 5.74) is 8.10. The average Bonchev–Trinajstić information content (AvgIpc) is 3.11. The molecule has 2 aromatic carbocycles. The third kappa shape index (κ3) is 2.09. The number of rotatable bonds is 1. The molecule has 6 nitrogen and oxygen atoms in total. The zero-order chi connectivity index (χ0) is 18.5. The molecule has 0 radical (unpaired) electrons. The number of allylic oxidation sites excluding steroid dienone is 1. The smallest absolute Gasteiger partial charge is 0.344 e. The van der Waals surface area contributed by atoms with Crippen LogP contribution in [0.4, 0.5) is 0 Å². The molecule has 27 heavy (non-hydrogen) atoms. The number of nitrogens with one attached hydrogen (secondary N) is 1. The number of aromatic nitrogens is 1.